The molecule has 1 aromatic heterocycles. The van der Waals surface area contributed by atoms with Gasteiger partial charge in [-0.1, -0.05) is 24.3 Å². The first-order chi connectivity index (χ1) is 15.1. The van der Waals surface area contributed by atoms with Crippen LogP contribution < -0.4 is 11.1 Å². The van der Waals surface area contributed by atoms with Gasteiger partial charge in [-0.25, -0.2) is 9.59 Å². The van der Waals surface area contributed by atoms with Gasteiger partial charge >= 0.3 is 18.1 Å². The predicted molar refractivity (Wildman–Crippen MR) is 115 cm³/mol. The number of rotatable bonds is 5. The van der Waals surface area contributed by atoms with Crippen molar-refractivity contribution >= 4 is 46.6 Å². The molecule has 0 spiro atoms. The zero-order valence-electron chi connectivity index (χ0n) is 16.2. The monoisotopic (exact) mass is 460 g/mol. The normalized spacial score (nSPS) is 11.3. The molecule has 0 aliphatic rings. The molecule has 3 rings (SSSR count). The van der Waals surface area contributed by atoms with Crippen LogP contribution in [0.4, 0.5) is 24.5 Å². The number of esters is 2. The Morgan fingerprint density at radius 2 is 1.75 bits per heavy atom. The van der Waals surface area contributed by atoms with Gasteiger partial charge in [-0.15, -0.1) is 11.3 Å². The number of amides is 1. The molecule has 0 atom stereocenters. The van der Waals surface area contributed by atoms with E-state index >= 15 is 0 Å². The lowest BCUT2D eigenvalue weighted by Gasteiger charge is -2.10. The maximum atomic E-state index is 12.6. The number of thiophene rings is 1. The average Bonchev–Trinajstić information content (AvgIpc) is 3.28. The largest absolute Gasteiger partial charge is 0.491 e. The third kappa shape index (κ3) is 5.82. The van der Waals surface area contributed by atoms with E-state index in [1.54, 1.807) is 23.5 Å². The Hall–Kier alpha value is -3.92. The van der Waals surface area contributed by atoms with E-state index in [0.717, 1.165) is 16.5 Å². The molecule has 10 heteroatoms. The zero-order chi connectivity index (χ0) is 23.3. The van der Waals surface area contributed by atoms with E-state index in [1.165, 1.54) is 24.3 Å². The zero-order valence-corrected chi connectivity index (χ0v) is 17.0. The molecule has 2 aromatic carbocycles. The Bertz CT molecular complexity index is 1170. The summed E-state index contributed by atoms with van der Waals surface area (Å²) in [6.45, 7) is 0. The molecular weight excluding hydrogens is 445 g/mol. The van der Waals surface area contributed by atoms with E-state index < -0.39 is 24.0 Å². The van der Waals surface area contributed by atoms with Crippen molar-refractivity contribution in [2.75, 3.05) is 11.1 Å². The van der Waals surface area contributed by atoms with Crippen LogP contribution in [0.3, 0.4) is 0 Å². The second kappa shape index (κ2) is 9.48. The first-order valence-electron chi connectivity index (χ1n) is 8.99. The van der Waals surface area contributed by atoms with Crippen molar-refractivity contribution < 1.29 is 32.3 Å². The number of hydrogen-bond acceptors (Lipinski definition) is 6. The highest BCUT2D eigenvalue weighted by atomic mass is 32.1. The lowest BCUT2D eigenvalue weighted by atomic mass is 10.1. The Labute approximate surface area is 184 Å². The van der Waals surface area contributed by atoms with Crippen LogP contribution in [-0.2, 0) is 14.3 Å². The minimum absolute atomic E-state index is 0.290. The fourth-order valence-corrected chi connectivity index (χ4v) is 3.27. The van der Waals surface area contributed by atoms with Crippen LogP contribution >= 0.6 is 11.3 Å². The van der Waals surface area contributed by atoms with E-state index in [-0.39, 0.29) is 5.56 Å². The molecule has 3 aromatic rings. The van der Waals surface area contributed by atoms with Gasteiger partial charge in [0.05, 0.1) is 11.4 Å². The third-order valence-electron chi connectivity index (χ3n) is 4.12. The fraction of sp³-hybridized carbons (Fsp3) is 0.0455. The Morgan fingerprint density at radius 1 is 1.03 bits per heavy atom. The topological polar surface area (TPSA) is 98.5 Å². The molecule has 0 saturated heterocycles. The second-order valence-electron chi connectivity index (χ2n) is 6.40. The van der Waals surface area contributed by atoms with Crippen molar-refractivity contribution in [2.24, 2.45) is 0 Å². The molecule has 0 radical (unpaired) electrons. The minimum atomic E-state index is -5.26. The number of ether oxygens (including phenoxy) is 1. The van der Waals surface area contributed by atoms with Crippen LogP contribution in [0.2, 0.25) is 0 Å². The predicted octanol–water partition coefficient (Wildman–Crippen LogP) is 4.89. The van der Waals surface area contributed by atoms with Crippen molar-refractivity contribution in [1.29, 1.82) is 0 Å². The maximum absolute atomic E-state index is 12.6. The molecule has 3 N–H and O–H groups in total. The van der Waals surface area contributed by atoms with E-state index in [0.29, 0.717) is 23.0 Å². The highest BCUT2D eigenvalue weighted by molar-refractivity contribution is 7.13. The van der Waals surface area contributed by atoms with Crippen LogP contribution in [0.5, 0.6) is 0 Å². The summed E-state index contributed by atoms with van der Waals surface area (Å²) >= 11 is 1.55. The third-order valence-corrected chi connectivity index (χ3v) is 5.04. The molecule has 1 amide bonds. The lowest BCUT2D eigenvalue weighted by molar-refractivity contribution is -0.200. The molecule has 164 valence electrons. The van der Waals surface area contributed by atoms with Crippen LogP contribution in [0.25, 0.3) is 16.5 Å². The van der Waals surface area contributed by atoms with Gasteiger partial charge in [0.2, 0.25) is 0 Å². The van der Waals surface area contributed by atoms with Gasteiger partial charge < -0.3 is 15.8 Å². The highest BCUT2D eigenvalue weighted by Gasteiger charge is 2.42. The first kappa shape index (κ1) is 22.8. The van der Waals surface area contributed by atoms with Gasteiger partial charge in [0.15, 0.2) is 0 Å². The van der Waals surface area contributed by atoms with Gasteiger partial charge in [-0.05, 0) is 52.9 Å². The molecule has 0 fully saturated rings. The lowest BCUT2D eigenvalue weighted by Crippen LogP contribution is -2.27. The SMILES string of the molecule is Nc1ccc(-c2cccs2)cc1NC(=O)c1ccc(/C=C/C(=O)OC(=O)C(F)(F)F)cc1. The van der Waals surface area contributed by atoms with Crippen molar-refractivity contribution in [1.82, 2.24) is 0 Å². The molecule has 1 heterocycles. The van der Waals surface area contributed by atoms with Gasteiger partial charge in [0, 0.05) is 16.5 Å². The number of nitrogen functional groups attached to an aromatic ring is 1. The van der Waals surface area contributed by atoms with E-state index in [4.69, 9.17) is 5.73 Å². The standard InChI is InChI=1S/C22H15F3N2O4S/c23-22(24,25)21(30)31-19(28)10-5-13-3-6-14(7-4-13)20(29)27-17-12-15(8-9-16(17)26)18-2-1-11-32-18/h1-12H,26H2,(H,27,29)/b10-5+. The number of halogens is 3. The van der Waals surface area contributed by atoms with Gasteiger partial charge in [0.25, 0.3) is 5.91 Å². The maximum Gasteiger partial charge on any atom is 0.491 e. The summed E-state index contributed by atoms with van der Waals surface area (Å²) in [4.78, 5) is 35.5. The summed E-state index contributed by atoms with van der Waals surface area (Å²) in [5.74, 6) is -4.48. The summed E-state index contributed by atoms with van der Waals surface area (Å²) in [7, 11) is 0. The van der Waals surface area contributed by atoms with Crippen LogP contribution in [0.1, 0.15) is 15.9 Å². The smallest absolute Gasteiger partial charge is 0.397 e. The number of benzene rings is 2. The van der Waals surface area contributed by atoms with E-state index in [9.17, 15) is 27.6 Å². The number of carbonyl (C=O) groups is 3. The quantitative estimate of drug-likeness (QED) is 0.244. The summed E-state index contributed by atoms with van der Waals surface area (Å²) in [6.07, 6.45) is -3.43. The molecule has 0 aliphatic heterocycles. The number of nitrogens with two attached hydrogens (primary N) is 1. The molecule has 32 heavy (non-hydrogen) atoms. The van der Waals surface area contributed by atoms with E-state index in [1.807, 2.05) is 23.6 Å². The van der Waals surface area contributed by atoms with Crippen LogP contribution in [0.15, 0.2) is 66.1 Å². The fourth-order valence-electron chi connectivity index (χ4n) is 2.55. The number of anilines is 2. The summed E-state index contributed by atoms with van der Waals surface area (Å²) in [6, 6.07) is 15.0. The molecule has 0 unspecified atom stereocenters. The molecule has 0 saturated carbocycles. The van der Waals surface area contributed by atoms with Gasteiger partial charge in [-0.2, -0.15) is 13.2 Å². The van der Waals surface area contributed by atoms with Crippen molar-refractivity contribution in [3.8, 4) is 10.4 Å². The Balaban J connectivity index is 1.65. The number of carbonyl (C=O) groups excluding carboxylic acids is 3. The van der Waals surface area contributed by atoms with Gasteiger partial charge in [-0.3, -0.25) is 4.79 Å². The summed E-state index contributed by atoms with van der Waals surface area (Å²) in [5.41, 5.74) is 8.40. The minimum Gasteiger partial charge on any atom is -0.397 e. The summed E-state index contributed by atoms with van der Waals surface area (Å²) in [5, 5.41) is 4.68. The first-order valence-corrected chi connectivity index (χ1v) is 9.87. The number of nitrogens with one attached hydrogen (secondary N) is 1. The highest BCUT2D eigenvalue weighted by Crippen LogP contribution is 2.30. The average molecular weight is 460 g/mol. The van der Waals surface area contributed by atoms with Crippen molar-refractivity contribution in [3.63, 3.8) is 0 Å². The molecule has 0 aliphatic carbocycles. The molecular formula is C22H15F3N2O4S. The van der Waals surface area contributed by atoms with Crippen LogP contribution in [0, 0.1) is 0 Å². The molecule has 0 bridgehead atoms. The Kier molecular flexibility index (Phi) is 6.74. The van der Waals surface area contributed by atoms with E-state index in [2.05, 4.69) is 10.1 Å². The number of hydrogen-bond donors (Lipinski definition) is 2. The van der Waals surface area contributed by atoms with Crippen molar-refractivity contribution in [3.05, 3.63) is 77.2 Å². The number of alkyl halides is 3. The second-order valence-corrected chi connectivity index (χ2v) is 7.34. The summed E-state index contributed by atoms with van der Waals surface area (Å²) < 4.78 is 39.9. The van der Waals surface area contributed by atoms with Gasteiger partial charge in [0.1, 0.15) is 0 Å². The molecule has 6 nitrogen and oxygen atoms in total. The van der Waals surface area contributed by atoms with Crippen LogP contribution in [-0.4, -0.2) is 24.0 Å². The Morgan fingerprint density at radius 3 is 2.38 bits per heavy atom. The van der Waals surface area contributed by atoms with Crippen molar-refractivity contribution in [2.45, 2.75) is 6.18 Å².